The molecule has 4 rings (SSSR count). The second-order valence-electron chi connectivity index (χ2n) is 7.92. The Hall–Kier alpha value is -1.17. The topological polar surface area (TPSA) is 53.9 Å². The number of hydrogen-bond donors (Lipinski definition) is 1. The summed E-state index contributed by atoms with van der Waals surface area (Å²) in [5.41, 5.74) is -0.0803. The highest BCUT2D eigenvalue weighted by Gasteiger charge is 2.43. The number of nitrogens with zero attached hydrogens (tertiary/aromatic N) is 3. The summed E-state index contributed by atoms with van der Waals surface area (Å²) < 4.78 is 2.97. The molecule has 0 spiro atoms. The highest BCUT2D eigenvalue weighted by molar-refractivity contribution is 7.71. The van der Waals surface area contributed by atoms with Crippen molar-refractivity contribution in [2.75, 3.05) is 13.1 Å². The Bertz CT molecular complexity index is 669. The first kappa shape index (κ1) is 16.3. The quantitative estimate of drug-likeness (QED) is 0.838. The van der Waals surface area contributed by atoms with Gasteiger partial charge < -0.3 is 9.47 Å². The summed E-state index contributed by atoms with van der Waals surface area (Å²) in [6, 6.07) is 0.536. The number of hydrogen-bond acceptors (Lipinski definition) is 3. The van der Waals surface area contributed by atoms with Crippen LogP contribution in [0, 0.1) is 10.2 Å². The second-order valence-corrected chi connectivity index (χ2v) is 8.31. The van der Waals surface area contributed by atoms with E-state index in [-0.39, 0.29) is 5.41 Å². The van der Waals surface area contributed by atoms with Crippen LogP contribution in [-0.4, -0.2) is 38.7 Å². The van der Waals surface area contributed by atoms with E-state index in [2.05, 4.69) is 26.6 Å². The summed E-state index contributed by atoms with van der Waals surface area (Å²) in [6.45, 7) is 3.90. The van der Waals surface area contributed by atoms with Gasteiger partial charge in [-0.3, -0.25) is 9.89 Å². The van der Waals surface area contributed by atoms with Gasteiger partial charge in [-0.2, -0.15) is 5.10 Å². The van der Waals surface area contributed by atoms with Gasteiger partial charge in [-0.1, -0.05) is 19.8 Å². The number of amides is 1. The third-order valence-corrected chi connectivity index (χ3v) is 6.70. The average molecular weight is 349 g/mol. The normalized spacial score (nSPS) is 26.7. The lowest BCUT2D eigenvalue weighted by atomic mass is 9.81. The maximum Gasteiger partial charge on any atom is 0.228 e. The van der Waals surface area contributed by atoms with Crippen LogP contribution in [0.15, 0.2) is 0 Å². The zero-order chi connectivity index (χ0) is 16.7. The van der Waals surface area contributed by atoms with Gasteiger partial charge in [-0.25, -0.2) is 0 Å². The molecule has 0 unspecified atom stereocenters. The number of piperidine rings is 1. The third kappa shape index (κ3) is 2.72. The maximum absolute atomic E-state index is 13.2. The molecule has 1 aromatic heterocycles. The number of rotatable bonds is 4. The van der Waals surface area contributed by atoms with Gasteiger partial charge in [0, 0.05) is 30.5 Å². The van der Waals surface area contributed by atoms with E-state index in [0.29, 0.717) is 17.9 Å². The molecule has 2 aliphatic carbocycles. The number of carbonyl (C=O) groups excluding carboxylic acids is 1. The van der Waals surface area contributed by atoms with Crippen molar-refractivity contribution >= 4 is 18.1 Å². The van der Waals surface area contributed by atoms with E-state index in [9.17, 15) is 4.79 Å². The Kier molecular flexibility index (Phi) is 4.27. The molecule has 0 radical (unpaired) electrons. The molecule has 132 valence electrons. The molecule has 2 saturated carbocycles. The minimum absolute atomic E-state index is 0.0803. The van der Waals surface area contributed by atoms with Crippen molar-refractivity contribution in [1.29, 1.82) is 0 Å². The number of aromatic nitrogens is 3. The fraction of sp³-hybridized carbons (Fsp3) is 0.833. The molecule has 2 heterocycles. The van der Waals surface area contributed by atoms with E-state index < -0.39 is 0 Å². The van der Waals surface area contributed by atoms with Gasteiger partial charge in [-0.15, -0.1) is 0 Å². The van der Waals surface area contributed by atoms with Crippen LogP contribution < -0.4 is 0 Å². The molecule has 1 N–H and O–H groups in total. The fourth-order valence-corrected chi connectivity index (χ4v) is 5.06. The van der Waals surface area contributed by atoms with Gasteiger partial charge in [0.2, 0.25) is 5.91 Å². The van der Waals surface area contributed by atoms with Gasteiger partial charge in [0.1, 0.15) is 5.82 Å². The number of carbonyl (C=O) groups is 1. The van der Waals surface area contributed by atoms with Crippen molar-refractivity contribution in [2.24, 2.45) is 5.41 Å². The SMILES string of the molecule is CCC1(C(=O)N2CCC[C@H](c3n[nH]c(=S)n3C3CC3)C2)CCCC1. The number of H-pyrrole nitrogens is 1. The molecule has 3 fully saturated rings. The molecule has 0 aromatic carbocycles. The first-order valence-electron chi connectivity index (χ1n) is 9.61. The molecular weight excluding hydrogens is 320 g/mol. The van der Waals surface area contributed by atoms with Crippen molar-refractivity contribution in [3.8, 4) is 0 Å². The molecule has 1 atom stereocenters. The standard InChI is InChI=1S/C18H28N4OS/c1-2-18(9-3-4-10-18)16(23)21-11-5-6-13(12-21)15-19-20-17(24)22(15)14-7-8-14/h13-14H,2-12H2,1H3,(H,20,24)/t13-/m0/s1. The van der Waals surface area contributed by atoms with Gasteiger partial charge in [0.15, 0.2) is 4.77 Å². The van der Waals surface area contributed by atoms with E-state index >= 15 is 0 Å². The zero-order valence-electron chi connectivity index (χ0n) is 14.6. The highest BCUT2D eigenvalue weighted by atomic mass is 32.1. The van der Waals surface area contributed by atoms with E-state index in [1.807, 2.05) is 0 Å². The molecule has 1 amide bonds. The van der Waals surface area contributed by atoms with Crippen LogP contribution in [0.25, 0.3) is 0 Å². The predicted octanol–water partition coefficient (Wildman–Crippen LogP) is 3.95. The lowest BCUT2D eigenvalue weighted by Gasteiger charge is -2.38. The van der Waals surface area contributed by atoms with E-state index in [1.165, 1.54) is 25.7 Å². The summed E-state index contributed by atoms with van der Waals surface area (Å²) in [4.78, 5) is 15.4. The summed E-state index contributed by atoms with van der Waals surface area (Å²) in [5.74, 6) is 1.81. The Morgan fingerprint density at radius 3 is 2.71 bits per heavy atom. The van der Waals surface area contributed by atoms with Crippen LogP contribution in [-0.2, 0) is 4.79 Å². The van der Waals surface area contributed by atoms with Gasteiger partial charge in [0.05, 0.1) is 0 Å². The van der Waals surface area contributed by atoms with Crippen molar-refractivity contribution in [1.82, 2.24) is 19.7 Å². The van der Waals surface area contributed by atoms with Gasteiger partial charge in [0.25, 0.3) is 0 Å². The van der Waals surface area contributed by atoms with Crippen LogP contribution in [0.1, 0.15) is 82.5 Å². The molecule has 3 aliphatic rings. The molecule has 6 heteroatoms. The predicted molar refractivity (Wildman–Crippen MR) is 95.4 cm³/mol. The molecule has 24 heavy (non-hydrogen) atoms. The summed E-state index contributed by atoms with van der Waals surface area (Å²) >= 11 is 5.43. The molecule has 0 bridgehead atoms. The Morgan fingerprint density at radius 1 is 1.29 bits per heavy atom. The van der Waals surface area contributed by atoms with E-state index in [1.54, 1.807) is 0 Å². The number of likely N-dealkylation sites (tertiary alicyclic amines) is 1. The lowest BCUT2D eigenvalue weighted by molar-refractivity contribution is -0.143. The van der Waals surface area contributed by atoms with Gasteiger partial charge in [-0.05, 0) is 57.2 Å². The first-order chi connectivity index (χ1) is 11.6. The minimum Gasteiger partial charge on any atom is -0.341 e. The van der Waals surface area contributed by atoms with Crippen LogP contribution in [0.3, 0.4) is 0 Å². The maximum atomic E-state index is 13.2. The van der Waals surface area contributed by atoms with Crippen molar-refractivity contribution in [3.63, 3.8) is 0 Å². The zero-order valence-corrected chi connectivity index (χ0v) is 15.4. The van der Waals surface area contributed by atoms with E-state index in [4.69, 9.17) is 12.2 Å². The van der Waals surface area contributed by atoms with Crippen LogP contribution in [0.2, 0.25) is 0 Å². The highest BCUT2D eigenvalue weighted by Crippen LogP contribution is 2.44. The average Bonchev–Trinajstić information content (AvgIpc) is 3.19. The molecule has 1 saturated heterocycles. The van der Waals surface area contributed by atoms with Crippen molar-refractivity contribution in [3.05, 3.63) is 10.6 Å². The summed E-state index contributed by atoms with van der Waals surface area (Å²) in [5, 5.41) is 7.52. The third-order valence-electron chi connectivity index (χ3n) is 6.41. The van der Waals surface area contributed by atoms with Crippen LogP contribution >= 0.6 is 12.2 Å². The molecule has 1 aromatic rings. The molecule has 5 nitrogen and oxygen atoms in total. The van der Waals surface area contributed by atoms with Crippen molar-refractivity contribution < 1.29 is 4.79 Å². The fourth-order valence-electron chi connectivity index (χ4n) is 4.77. The Labute approximate surface area is 148 Å². The number of aromatic amines is 1. The largest absolute Gasteiger partial charge is 0.341 e. The summed E-state index contributed by atoms with van der Waals surface area (Å²) in [7, 11) is 0. The second kappa shape index (κ2) is 6.28. The van der Waals surface area contributed by atoms with E-state index in [0.717, 1.165) is 55.8 Å². The monoisotopic (exact) mass is 348 g/mol. The molecular formula is C18H28N4OS. The van der Waals surface area contributed by atoms with Crippen LogP contribution in [0.5, 0.6) is 0 Å². The van der Waals surface area contributed by atoms with Crippen LogP contribution in [0.4, 0.5) is 0 Å². The Balaban J connectivity index is 1.54. The minimum atomic E-state index is -0.0803. The first-order valence-corrected chi connectivity index (χ1v) is 10.0. The number of nitrogens with one attached hydrogen (secondary N) is 1. The van der Waals surface area contributed by atoms with Gasteiger partial charge >= 0.3 is 0 Å². The lowest BCUT2D eigenvalue weighted by Crippen LogP contribution is -2.47. The Morgan fingerprint density at radius 2 is 2.04 bits per heavy atom. The molecule has 1 aliphatic heterocycles. The van der Waals surface area contributed by atoms with Crippen molar-refractivity contribution in [2.45, 2.75) is 76.7 Å². The smallest absolute Gasteiger partial charge is 0.228 e. The summed E-state index contributed by atoms with van der Waals surface area (Å²) in [6.07, 6.45) is 10.1.